The highest BCUT2D eigenvalue weighted by Crippen LogP contribution is 2.45. The first-order chi connectivity index (χ1) is 17.7. The van der Waals surface area contributed by atoms with Gasteiger partial charge in [0.05, 0.1) is 12.1 Å². The Labute approximate surface area is 215 Å². The Balaban J connectivity index is 1.62. The summed E-state index contributed by atoms with van der Waals surface area (Å²) in [6.45, 7) is 0. The van der Waals surface area contributed by atoms with E-state index < -0.39 is 7.29 Å². The van der Waals surface area contributed by atoms with Crippen molar-refractivity contribution in [3.05, 3.63) is 132 Å². The average Bonchev–Trinajstić information content (AvgIpc) is 2.97. The maximum absolute atomic E-state index is 15.1. The topological polar surface area (TPSA) is 41.1 Å². The molecule has 1 aliphatic rings. The highest BCUT2D eigenvalue weighted by molar-refractivity contribution is 7.76. The minimum atomic E-state index is -3.16. The van der Waals surface area contributed by atoms with Gasteiger partial charge < -0.3 is 5.32 Å². The lowest BCUT2D eigenvalue weighted by Crippen LogP contribution is -2.42. The molecule has 36 heavy (non-hydrogen) atoms. The molecule has 2 N–H and O–H groups in total. The zero-order valence-corrected chi connectivity index (χ0v) is 21.6. The lowest BCUT2D eigenvalue weighted by Gasteiger charge is -2.37. The fraction of sp³-hybridized carbons (Fsp3) is 0.250. The molecule has 0 aromatic heterocycles. The van der Waals surface area contributed by atoms with E-state index in [1.54, 1.807) is 0 Å². The number of hydrogen-bond acceptors (Lipinski definition) is 2. The van der Waals surface area contributed by atoms with Gasteiger partial charge in [0.15, 0.2) is 0 Å². The molecule has 0 spiro atoms. The third-order valence-corrected chi connectivity index (χ3v) is 9.92. The standard InChI is InChI=1S/C32H35N2OP/c35-36(29-22-12-4-13-23-29,30-24-14-5-15-25-30)34-32(27-18-8-2-9-19-27)31(26-16-6-1-7-17-26)33-28-20-10-3-11-21-28/h1-2,4-9,12-19,22-25,28,31-33H,3,10-11,20-21H2,(H,34,35)/t31-,32-/m1/s1. The van der Waals surface area contributed by atoms with Gasteiger partial charge in [-0.3, -0.25) is 9.65 Å². The first-order valence-electron chi connectivity index (χ1n) is 13.1. The summed E-state index contributed by atoms with van der Waals surface area (Å²) in [5, 5.41) is 9.42. The summed E-state index contributed by atoms with van der Waals surface area (Å²) < 4.78 is 15.1. The Morgan fingerprint density at radius 3 is 1.44 bits per heavy atom. The van der Waals surface area contributed by atoms with Gasteiger partial charge in [0.2, 0.25) is 7.29 Å². The maximum Gasteiger partial charge on any atom is 0.205 e. The van der Waals surface area contributed by atoms with E-state index >= 15 is 4.57 Å². The quantitative estimate of drug-likeness (QED) is 0.249. The predicted octanol–water partition coefficient (Wildman–Crippen LogP) is 6.91. The normalized spacial score (nSPS) is 16.3. The second-order valence-corrected chi connectivity index (χ2v) is 12.2. The van der Waals surface area contributed by atoms with Crippen LogP contribution in [0, 0.1) is 0 Å². The van der Waals surface area contributed by atoms with Crippen LogP contribution in [0.3, 0.4) is 0 Å². The summed E-state index contributed by atoms with van der Waals surface area (Å²) in [4.78, 5) is 0. The molecule has 3 nitrogen and oxygen atoms in total. The molecule has 4 aromatic rings. The van der Waals surface area contributed by atoms with Gasteiger partial charge in [-0.25, -0.2) is 0 Å². The van der Waals surface area contributed by atoms with Crippen molar-refractivity contribution in [3.8, 4) is 0 Å². The van der Waals surface area contributed by atoms with E-state index in [4.69, 9.17) is 0 Å². The Kier molecular flexibility index (Phi) is 8.13. The molecule has 0 unspecified atom stereocenters. The second kappa shape index (κ2) is 11.8. The predicted molar refractivity (Wildman–Crippen MR) is 151 cm³/mol. The first kappa shape index (κ1) is 24.7. The summed E-state index contributed by atoms with van der Waals surface area (Å²) in [6.07, 6.45) is 6.19. The number of benzene rings is 4. The summed E-state index contributed by atoms with van der Waals surface area (Å²) in [5.41, 5.74) is 2.33. The average molecular weight is 495 g/mol. The SMILES string of the molecule is O=P(N[C@H](c1ccccc1)[C@H](NC1CCCCC1)c1ccccc1)(c1ccccc1)c1ccccc1. The lowest BCUT2D eigenvalue weighted by atomic mass is 9.90. The van der Waals surface area contributed by atoms with E-state index in [1.807, 2.05) is 66.7 Å². The molecule has 0 saturated heterocycles. The van der Waals surface area contributed by atoms with Crippen molar-refractivity contribution >= 4 is 17.9 Å². The van der Waals surface area contributed by atoms with Crippen LogP contribution in [0.25, 0.3) is 0 Å². The third kappa shape index (κ3) is 5.71. The van der Waals surface area contributed by atoms with E-state index in [2.05, 4.69) is 65.0 Å². The zero-order chi connectivity index (χ0) is 24.6. The van der Waals surface area contributed by atoms with Crippen LogP contribution in [0.4, 0.5) is 0 Å². The second-order valence-electron chi connectivity index (χ2n) is 9.69. The Morgan fingerprint density at radius 1 is 0.556 bits per heavy atom. The largest absolute Gasteiger partial charge is 0.306 e. The molecule has 0 bridgehead atoms. The summed E-state index contributed by atoms with van der Waals surface area (Å²) in [5.74, 6) is 0. The molecular weight excluding hydrogens is 459 g/mol. The molecule has 5 rings (SSSR count). The fourth-order valence-corrected chi connectivity index (χ4v) is 7.81. The van der Waals surface area contributed by atoms with Crippen molar-refractivity contribution in [2.24, 2.45) is 0 Å². The van der Waals surface area contributed by atoms with Crippen molar-refractivity contribution in [1.82, 2.24) is 10.4 Å². The molecule has 0 amide bonds. The van der Waals surface area contributed by atoms with Crippen molar-refractivity contribution in [2.45, 2.75) is 50.2 Å². The van der Waals surface area contributed by atoms with Gasteiger partial charge in [-0.15, -0.1) is 0 Å². The molecule has 0 aliphatic heterocycles. The van der Waals surface area contributed by atoms with E-state index in [0.717, 1.165) is 16.2 Å². The van der Waals surface area contributed by atoms with Crippen LogP contribution >= 0.6 is 7.29 Å². The van der Waals surface area contributed by atoms with Crippen LogP contribution in [-0.2, 0) is 4.57 Å². The van der Waals surface area contributed by atoms with Crippen LogP contribution in [0.2, 0.25) is 0 Å². The molecule has 2 atom stereocenters. The molecule has 0 radical (unpaired) electrons. The smallest absolute Gasteiger partial charge is 0.205 e. The molecular formula is C32H35N2OP. The van der Waals surface area contributed by atoms with Crippen molar-refractivity contribution in [1.29, 1.82) is 0 Å². The van der Waals surface area contributed by atoms with Crippen LogP contribution in [0.5, 0.6) is 0 Å². The van der Waals surface area contributed by atoms with Gasteiger partial charge in [-0.2, -0.15) is 0 Å². The van der Waals surface area contributed by atoms with Gasteiger partial charge in [-0.1, -0.05) is 116 Å². The number of hydrogen-bond donors (Lipinski definition) is 2. The Bertz CT molecular complexity index is 1200. The maximum atomic E-state index is 15.1. The highest BCUT2D eigenvalue weighted by Gasteiger charge is 2.36. The molecule has 1 fully saturated rings. The summed E-state index contributed by atoms with van der Waals surface area (Å²) >= 11 is 0. The van der Waals surface area contributed by atoms with Gasteiger partial charge >= 0.3 is 0 Å². The van der Waals surface area contributed by atoms with Crippen LogP contribution < -0.4 is 21.0 Å². The van der Waals surface area contributed by atoms with Crippen molar-refractivity contribution in [3.63, 3.8) is 0 Å². The molecule has 1 aliphatic carbocycles. The zero-order valence-electron chi connectivity index (χ0n) is 20.7. The summed E-state index contributed by atoms with van der Waals surface area (Å²) in [7, 11) is -3.16. The highest BCUT2D eigenvalue weighted by atomic mass is 31.2. The Morgan fingerprint density at radius 2 is 0.972 bits per heavy atom. The van der Waals surface area contributed by atoms with Gasteiger partial charge in [0, 0.05) is 16.7 Å². The minimum absolute atomic E-state index is 0.0301. The van der Waals surface area contributed by atoms with Crippen LogP contribution in [0.15, 0.2) is 121 Å². The van der Waals surface area contributed by atoms with Gasteiger partial charge in [0.1, 0.15) is 0 Å². The van der Waals surface area contributed by atoms with Gasteiger partial charge in [-0.05, 0) is 48.2 Å². The molecule has 184 valence electrons. The molecule has 1 saturated carbocycles. The van der Waals surface area contributed by atoms with Crippen LogP contribution in [0.1, 0.15) is 55.3 Å². The van der Waals surface area contributed by atoms with E-state index in [1.165, 1.54) is 37.7 Å². The number of nitrogens with one attached hydrogen (secondary N) is 2. The molecule has 0 heterocycles. The lowest BCUT2D eigenvalue weighted by molar-refractivity contribution is 0.309. The van der Waals surface area contributed by atoms with Crippen LogP contribution in [-0.4, -0.2) is 6.04 Å². The molecule has 4 heteroatoms. The number of rotatable bonds is 9. The van der Waals surface area contributed by atoms with E-state index in [-0.39, 0.29) is 12.1 Å². The van der Waals surface area contributed by atoms with Crippen molar-refractivity contribution < 1.29 is 4.57 Å². The fourth-order valence-electron chi connectivity index (χ4n) is 5.34. The minimum Gasteiger partial charge on any atom is -0.306 e. The first-order valence-corrected chi connectivity index (χ1v) is 14.8. The van der Waals surface area contributed by atoms with E-state index in [9.17, 15) is 0 Å². The van der Waals surface area contributed by atoms with Gasteiger partial charge in [0.25, 0.3) is 0 Å². The summed E-state index contributed by atoms with van der Waals surface area (Å²) in [6, 6.07) is 41.1. The Hall–Kier alpha value is -2.97. The molecule has 4 aromatic carbocycles. The van der Waals surface area contributed by atoms with E-state index in [0.29, 0.717) is 6.04 Å². The monoisotopic (exact) mass is 494 g/mol. The third-order valence-electron chi connectivity index (χ3n) is 7.23. The van der Waals surface area contributed by atoms with Crippen molar-refractivity contribution in [2.75, 3.05) is 0 Å².